The molecule has 0 bridgehead atoms. The zero-order chi connectivity index (χ0) is 24.2. The predicted octanol–water partition coefficient (Wildman–Crippen LogP) is 2.86. The van der Waals surface area contributed by atoms with Gasteiger partial charge in [0.15, 0.2) is 5.82 Å². The minimum Gasteiger partial charge on any atom is -0.377 e. The molecule has 0 radical (unpaired) electrons. The zero-order valence-corrected chi connectivity index (χ0v) is 20.1. The highest BCUT2D eigenvalue weighted by Crippen LogP contribution is 2.32. The third kappa shape index (κ3) is 5.02. The smallest absolute Gasteiger partial charge is 0.319 e. The van der Waals surface area contributed by atoms with E-state index in [1.54, 1.807) is 18.6 Å². The normalized spacial score (nSPS) is 17.6. The molecule has 2 aromatic heterocycles. The number of anilines is 3. The highest BCUT2D eigenvalue weighted by atomic mass is 16.5. The maximum atomic E-state index is 11.8. The molecule has 5 rings (SSSR count). The number of carbonyl (C=O) groups excluding carboxylic acids is 1. The average molecular weight is 475 g/mol. The molecule has 182 valence electrons. The molecule has 2 N–H and O–H groups in total. The summed E-state index contributed by atoms with van der Waals surface area (Å²) < 4.78 is 5.68. The van der Waals surface area contributed by atoms with Crippen molar-refractivity contribution in [2.45, 2.75) is 32.9 Å². The fraction of sp³-hybridized carbons (Fsp3) is 0.400. The Bertz CT molecular complexity index is 1170. The van der Waals surface area contributed by atoms with Gasteiger partial charge in [0.1, 0.15) is 11.6 Å². The van der Waals surface area contributed by atoms with Crippen LogP contribution in [0, 0.1) is 0 Å². The van der Waals surface area contributed by atoms with E-state index in [9.17, 15) is 4.79 Å². The monoisotopic (exact) mass is 474 g/mol. The number of benzene rings is 1. The fourth-order valence-corrected chi connectivity index (χ4v) is 4.51. The molecule has 10 nitrogen and oxygen atoms in total. The standard InChI is InChI=1S/C25H30N8O2/c1-3-27-25(34)29-19-6-4-18(5-7-19)23-30-21-15-32(22-14-26-9-10-28-22)11-8-20(21)24(31-23)33-12-13-35-16-17(33)2/h4-7,9-10,14,17H,3,8,11-13,15-16H2,1-2H3,(H2,27,29,34)/t17-/m0/s1. The first-order chi connectivity index (χ1) is 17.1. The summed E-state index contributed by atoms with van der Waals surface area (Å²) in [6.07, 6.45) is 6.02. The number of rotatable bonds is 5. The van der Waals surface area contributed by atoms with Gasteiger partial charge in [0, 0.05) is 48.8 Å². The Morgan fingerprint density at radius 1 is 1.17 bits per heavy atom. The molecule has 2 amide bonds. The summed E-state index contributed by atoms with van der Waals surface area (Å²) >= 11 is 0. The number of nitrogens with zero attached hydrogens (tertiary/aromatic N) is 6. The van der Waals surface area contributed by atoms with Crippen LogP contribution >= 0.6 is 0 Å². The maximum Gasteiger partial charge on any atom is 0.319 e. The van der Waals surface area contributed by atoms with Crippen molar-refractivity contribution < 1.29 is 9.53 Å². The molecular formula is C25H30N8O2. The summed E-state index contributed by atoms with van der Waals surface area (Å²) in [4.78, 5) is 35.2. The number of ether oxygens (including phenoxy) is 1. The fourth-order valence-electron chi connectivity index (χ4n) is 4.51. The lowest BCUT2D eigenvalue weighted by molar-refractivity contribution is 0.0984. The van der Waals surface area contributed by atoms with E-state index >= 15 is 0 Å². The molecule has 10 heteroatoms. The molecule has 1 aromatic carbocycles. The van der Waals surface area contributed by atoms with Gasteiger partial charge >= 0.3 is 6.03 Å². The summed E-state index contributed by atoms with van der Waals surface area (Å²) in [6, 6.07) is 7.64. The molecule has 4 heterocycles. The molecule has 0 spiro atoms. The number of carbonyl (C=O) groups is 1. The number of fused-ring (bicyclic) bond motifs is 1. The second-order valence-corrected chi connectivity index (χ2v) is 8.71. The first kappa shape index (κ1) is 23.0. The van der Waals surface area contributed by atoms with E-state index in [2.05, 4.69) is 37.3 Å². The van der Waals surface area contributed by atoms with Crippen molar-refractivity contribution in [3.8, 4) is 11.4 Å². The van der Waals surface area contributed by atoms with Crippen LogP contribution in [0.5, 0.6) is 0 Å². The number of morpholine rings is 1. The molecule has 2 aliphatic heterocycles. The number of hydrogen-bond acceptors (Lipinski definition) is 8. The quantitative estimate of drug-likeness (QED) is 0.581. The number of urea groups is 1. The first-order valence-corrected chi connectivity index (χ1v) is 12.0. The number of amides is 2. The Morgan fingerprint density at radius 3 is 2.77 bits per heavy atom. The largest absolute Gasteiger partial charge is 0.377 e. The Morgan fingerprint density at radius 2 is 2.03 bits per heavy atom. The third-order valence-electron chi connectivity index (χ3n) is 6.29. The van der Waals surface area contributed by atoms with E-state index in [1.165, 1.54) is 5.56 Å². The SMILES string of the molecule is CCNC(=O)Nc1ccc(-c2nc3c(c(N4CCOC[C@@H]4C)n2)CCN(c2cnccn2)C3)cc1. The van der Waals surface area contributed by atoms with Gasteiger partial charge in [0.05, 0.1) is 37.7 Å². The predicted molar refractivity (Wildman–Crippen MR) is 135 cm³/mol. The second kappa shape index (κ2) is 10.2. The van der Waals surface area contributed by atoms with E-state index < -0.39 is 0 Å². The number of nitrogens with one attached hydrogen (secondary N) is 2. The molecule has 0 unspecified atom stereocenters. The van der Waals surface area contributed by atoms with E-state index in [4.69, 9.17) is 14.7 Å². The Labute approximate surface area is 204 Å². The van der Waals surface area contributed by atoms with Gasteiger partial charge in [-0.25, -0.2) is 19.7 Å². The summed E-state index contributed by atoms with van der Waals surface area (Å²) in [5, 5.41) is 5.57. The van der Waals surface area contributed by atoms with E-state index in [-0.39, 0.29) is 12.1 Å². The first-order valence-electron chi connectivity index (χ1n) is 12.0. The summed E-state index contributed by atoms with van der Waals surface area (Å²) in [5.74, 6) is 2.51. The van der Waals surface area contributed by atoms with Crippen molar-refractivity contribution >= 4 is 23.4 Å². The lowest BCUT2D eigenvalue weighted by Crippen LogP contribution is -2.45. The van der Waals surface area contributed by atoms with Crippen LogP contribution in [0.1, 0.15) is 25.1 Å². The van der Waals surface area contributed by atoms with Crippen LogP contribution in [-0.4, -0.2) is 64.9 Å². The van der Waals surface area contributed by atoms with Crippen LogP contribution in [0.4, 0.5) is 22.1 Å². The Hall–Kier alpha value is -3.79. The third-order valence-corrected chi connectivity index (χ3v) is 6.29. The molecule has 1 fully saturated rings. The van der Waals surface area contributed by atoms with Crippen LogP contribution in [0.3, 0.4) is 0 Å². The lowest BCUT2D eigenvalue weighted by Gasteiger charge is -2.38. The van der Waals surface area contributed by atoms with Gasteiger partial charge < -0.3 is 25.2 Å². The van der Waals surface area contributed by atoms with Crippen LogP contribution in [0.15, 0.2) is 42.9 Å². The van der Waals surface area contributed by atoms with Crippen molar-refractivity contribution in [1.29, 1.82) is 0 Å². The zero-order valence-electron chi connectivity index (χ0n) is 20.1. The van der Waals surface area contributed by atoms with Crippen molar-refractivity contribution in [2.75, 3.05) is 48.0 Å². The summed E-state index contributed by atoms with van der Waals surface area (Å²) in [6.45, 7) is 8.27. The molecular weight excluding hydrogens is 444 g/mol. The van der Waals surface area contributed by atoms with Gasteiger partial charge in [-0.2, -0.15) is 0 Å². The Kier molecular flexibility index (Phi) is 6.71. The molecule has 2 aliphatic rings. The van der Waals surface area contributed by atoms with Crippen LogP contribution < -0.4 is 20.4 Å². The summed E-state index contributed by atoms with van der Waals surface area (Å²) in [7, 11) is 0. The molecule has 3 aromatic rings. The van der Waals surface area contributed by atoms with Crippen molar-refractivity contribution in [3.63, 3.8) is 0 Å². The highest BCUT2D eigenvalue weighted by molar-refractivity contribution is 5.89. The average Bonchev–Trinajstić information content (AvgIpc) is 2.89. The minimum atomic E-state index is -0.224. The van der Waals surface area contributed by atoms with Gasteiger partial charge in [-0.1, -0.05) is 0 Å². The van der Waals surface area contributed by atoms with E-state index in [1.807, 2.05) is 31.2 Å². The van der Waals surface area contributed by atoms with Crippen molar-refractivity contribution in [3.05, 3.63) is 54.1 Å². The molecule has 0 saturated carbocycles. The lowest BCUT2D eigenvalue weighted by atomic mass is 10.0. The second-order valence-electron chi connectivity index (χ2n) is 8.71. The van der Waals surface area contributed by atoms with Gasteiger partial charge in [-0.05, 0) is 44.5 Å². The number of aromatic nitrogens is 4. The van der Waals surface area contributed by atoms with Crippen LogP contribution in [0.25, 0.3) is 11.4 Å². The Balaban J connectivity index is 1.49. The maximum absolute atomic E-state index is 11.8. The van der Waals surface area contributed by atoms with Crippen LogP contribution in [0.2, 0.25) is 0 Å². The topological polar surface area (TPSA) is 108 Å². The summed E-state index contributed by atoms with van der Waals surface area (Å²) in [5.41, 5.74) is 3.81. The molecule has 35 heavy (non-hydrogen) atoms. The minimum absolute atomic E-state index is 0.224. The van der Waals surface area contributed by atoms with Gasteiger partial charge in [0.25, 0.3) is 0 Å². The van der Waals surface area contributed by atoms with Gasteiger partial charge in [-0.15, -0.1) is 0 Å². The van der Waals surface area contributed by atoms with Crippen LogP contribution in [-0.2, 0) is 17.7 Å². The number of hydrogen-bond donors (Lipinski definition) is 2. The van der Waals surface area contributed by atoms with Gasteiger partial charge in [0.2, 0.25) is 0 Å². The highest BCUT2D eigenvalue weighted by Gasteiger charge is 2.29. The van der Waals surface area contributed by atoms with E-state index in [0.717, 1.165) is 42.4 Å². The molecule has 0 aliphatic carbocycles. The van der Waals surface area contributed by atoms with Gasteiger partial charge in [-0.3, -0.25) is 4.98 Å². The molecule has 1 saturated heterocycles. The molecule has 1 atom stereocenters. The van der Waals surface area contributed by atoms with E-state index in [0.29, 0.717) is 37.8 Å². The van der Waals surface area contributed by atoms with Crippen molar-refractivity contribution in [2.24, 2.45) is 0 Å². The van der Waals surface area contributed by atoms with Crippen molar-refractivity contribution in [1.82, 2.24) is 25.3 Å².